The van der Waals surface area contributed by atoms with E-state index in [9.17, 15) is 4.79 Å². The van der Waals surface area contributed by atoms with Crippen molar-refractivity contribution in [2.45, 2.75) is 30.2 Å². The van der Waals surface area contributed by atoms with Crippen LogP contribution in [0.2, 0.25) is 0 Å². The first kappa shape index (κ1) is 23.8. The van der Waals surface area contributed by atoms with Crippen LogP contribution in [0.15, 0.2) is 46.2 Å². The van der Waals surface area contributed by atoms with Gasteiger partial charge in [0.1, 0.15) is 0 Å². The SMILES string of the molecule is COc1ncc(-c2ccc3nc4c(cc3c2)c(=O)n2n4CC3(CC2)OCCO3)cc1S.NCCO. The first-order chi connectivity index (χ1) is 17.0. The molecular weight excluding hydrogens is 470 g/mol. The largest absolute Gasteiger partial charge is 0.480 e. The van der Waals surface area contributed by atoms with Gasteiger partial charge in [0.05, 0.1) is 49.3 Å². The molecule has 6 rings (SSSR count). The molecule has 5 heterocycles. The molecule has 0 bridgehead atoms. The van der Waals surface area contributed by atoms with E-state index in [1.54, 1.807) is 18.0 Å². The van der Waals surface area contributed by atoms with E-state index in [1.807, 2.05) is 35.0 Å². The van der Waals surface area contributed by atoms with Crippen LogP contribution in [0.4, 0.5) is 0 Å². The van der Waals surface area contributed by atoms with Gasteiger partial charge in [-0.05, 0) is 29.8 Å². The lowest BCUT2D eigenvalue weighted by atomic mass is 10.0. The lowest BCUT2D eigenvalue weighted by Gasteiger charge is -2.33. The van der Waals surface area contributed by atoms with Gasteiger partial charge in [0.2, 0.25) is 5.88 Å². The third-order valence-electron chi connectivity index (χ3n) is 6.19. The second kappa shape index (κ2) is 9.59. The molecule has 0 amide bonds. The summed E-state index contributed by atoms with van der Waals surface area (Å²) in [6, 6.07) is 9.80. The number of nitrogens with zero attached hydrogens (tertiary/aromatic N) is 4. The number of hydrogen-bond acceptors (Lipinski definition) is 9. The molecule has 4 aromatic rings. The molecule has 2 aliphatic rings. The molecule has 11 heteroatoms. The number of benzene rings is 1. The van der Waals surface area contributed by atoms with Crippen LogP contribution < -0.4 is 16.0 Å². The molecule has 0 atom stereocenters. The van der Waals surface area contributed by atoms with Crippen LogP contribution in [0.25, 0.3) is 33.1 Å². The van der Waals surface area contributed by atoms with Gasteiger partial charge < -0.3 is 25.1 Å². The van der Waals surface area contributed by atoms with Gasteiger partial charge in [-0.3, -0.25) is 9.48 Å². The first-order valence-corrected chi connectivity index (χ1v) is 11.8. The van der Waals surface area contributed by atoms with E-state index in [4.69, 9.17) is 30.0 Å². The van der Waals surface area contributed by atoms with E-state index in [0.717, 1.165) is 22.0 Å². The Kier molecular flexibility index (Phi) is 6.51. The predicted molar refractivity (Wildman–Crippen MR) is 134 cm³/mol. The highest BCUT2D eigenvalue weighted by atomic mass is 32.1. The molecule has 1 saturated heterocycles. The smallest absolute Gasteiger partial charge is 0.276 e. The van der Waals surface area contributed by atoms with E-state index in [0.29, 0.717) is 61.1 Å². The van der Waals surface area contributed by atoms with Crippen molar-refractivity contribution in [3.8, 4) is 17.0 Å². The fourth-order valence-corrected chi connectivity index (χ4v) is 4.81. The molecule has 184 valence electrons. The van der Waals surface area contributed by atoms with Crippen molar-refractivity contribution >= 4 is 34.6 Å². The molecular formula is C24H27N5O5S. The topological polar surface area (TPSA) is 127 Å². The number of aromatic nitrogens is 4. The summed E-state index contributed by atoms with van der Waals surface area (Å²) >= 11 is 4.44. The van der Waals surface area contributed by atoms with Crippen LogP contribution in [0.3, 0.4) is 0 Å². The molecule has 0 saturated carbocycles. The molecule has 3 N–H and O–H groups in total. The van der Waals surface area contributed by atoms with Gasteiger partial charge in [0.15, 0.2) is 11.4 Å². The maximum absolute atomic E-state index is 13.1. The van der Waals surface area contributed by atoms with Crippen LogP contribution in [0.5, 0.6) is 5.88 Å². The first-order valence-electron chi connectivity index (χ1n) is 11.3. The zero-order valence-electron chi connectivity index (χ0n) is 19.3. The Labute approximate surface area is 206 Å². The van der Waals surface area contributed by atoms with Crippen molar-refractivity contribution in [2.75, 3.05) is 33.5 Å². The van der Waals surface area contributed by atoms with Crippen molar-refractivity contribution < 1.29 is 19.3 Å². The third kappa shape index (κ3) is 4.30. The molecule has 10 nitrogen and oxygen atoms in total. The zero-order valence-corrected chi connectivity index (χ0v) is 20.2. The molecule has 35 heavy (non-hydrogen) atoms. The monoisotopic (exact) mass is 497 g/mol. The quantitative estimate of drug-likeness (QED) is 0.366. The Morgan fingerprint density at radius 3 is 2.66 bits per heavy atom. The molecule has 0 radical (unpaired) electrons. The fraction of sp³-hybridized carbons (Fsp3) is 0.375. The minimum Gasteiger partial charge on any atom is -0.480 e. The zero-order chi connectivity index (χ0) is 24.6. The number of ether oxygens (including phenoxy) is 3. The van der Waals surface area contributed by atoms with Crippen LogP contribution in [-0.4, -0.2) is 63.7 Å². The summed E-state index contributed by atoms with van der Waals surface area (Å²) in [5.41, 5.74) is 8.10. The van der Waals surface area contributed by atoms with Gasteiger partial charge in [-0.2, -0.15) is 0 Å². The summed E-state index contributed by atoms with van der Waals surface area (Å²) < 4.78 is 20.6. The number of hydrogen-bond donors (Lipinski definition) is 3. The van der Waals surface area contributed by atoms with Crippen molar-refractivity contribution in [3.63, 3.8) is 0 Å². The van der Waals surface area contributed by atoms with E-state index < -0.39 is 5.79 Å². The summed E-state index contributed by atoms with van der Waals surface area (Å²) in [7, 11) is 1.57. The second-order valence-corrected chi connectivity index (χ2v) is 8.86. The fourth-order valence-electron chi connectivity index (χ4n) is 4.52. The number of aliphatic hydroxyl groups is 1. The number of nitrogens with two attached hydrogens (primary N) is 1. The standard InChI is InChI=1S/C22H20N4O4S.C2H7NO/c1-28-20-18(31)10-15(11-23-20)13-2-3-17-14(8-13)9-16-19(24-17)26-12-22(29-6-7-30-22)4-5-25(26)21(16)27;3-1-2-4/h2-3,8-11,31H,4-7,12H2,1H3;4H,1-3H2. The van der Waals surface area contributed by atoms with Crippen molar-refractivity contribution in [1.29, 1.82) is 0 Å². The highest BCUT2D eigenvalue weighted by molar-refractivity contribution is 7.80. The predicted octanol–water partition coefficient (Wildman–Crippen LogP) is 1.79. The molecule has 1 spiro atoms. The normalized spacial score (nSPS) is 16.3. The number of methoxy groups -OCH3 is 1. The van der Waals surface area contributed by atoms with Crippen molar-refractivity contribution in [1.82, 2.24) is 19.3 Å². The molecule has 0 aliphatic carbocycles. The average molecular weight is 498 g/mol. The number of aliphatic hydroxyl groups excluding tert-OH is 1. The summed E-state index contributed by atoms with van der Waals surface area (Å²) in [6.07, 6.45) is 2.40. The lowest BCUT2D eigenvalue weighted by Crippen LogP contribution is -2.45. The number of pyridine rings is 2. The number of fused-ring (bicyclic) bond motifs is 4. The third-order valence-corrected chi connectivity index (χ3v) is 6.51. The Morgan fingerprint density at radius 1 is 1.20 bits per heavy atom. The number of rotatable bonds is 3. The van der Waals surface area contributed by atoms with Crippen LogP contribution in [-0.2, 0) is 22.6 Å². The molecule has 2 aliphatic heterocycles. The lowest BCUT2D eigenvalue weighted by molar-refractivity contribution is -0.187. The van der Waals surface area contributed by atoms with E-state index in [1.165, 1.54) is 0 Å². The maximum Gasteiger partial charge on any atom is 0.276 e. The van der Waals surface area contributed by atoms with Crippen molar-refractivity contribution in [2.24, 2.45) is 5.73 Å². The van der Waals surface area contributed by atoms with Crippen LogP contribution in [0.1, 0.15) is 6.42 Å². The van der Waals surface area contributed by atoms with Crippen molar-refractivity contribution in [3.05, 3.63) is 46.9 Å². The summed E-state index contributed by atoms with van der Waals surface area (Å²) in [4.78, 5) is 22.9. The summed E-state index contributed by atoms with van der Waals surface area (Å²) in [5.74, 6) is -0.165. The molecule has 0 unspecified atom stereocenters. The van der Waals surface area contributed by atoms with Gasteiger partial charge in [-0.1, -0.05) is 6.07 Å². The highest BCUT2D eigenvalue weighted by Crippen LogP contribution is 2.32. The maximum atomic E-state index is 13.1. The molecule has 1 fully saturated rings. The van der Waals surface area contributed by atoms with Gasteiger partial charge >= 0.3 is 0 Å². The minimum absolute atomic E-state index is 0.0357. The van der Waals surface area contributed by atoms with E-state index >= 15 is 0 Å². The second-order valence-electron chi connectivity index (χ2n) is 8.38. The van der Waals surface area contributed by atoms with Gasteiger partial charge in [-0.15, -0.1) is 12.6 Å². The Balaban J connectivity index is 0.000000591. The average Bonchev–Trinajstić information content (AvgIpc) is 3.44. The summed E-state index contributed by atoms with van der Waals surface area (Å²) in [5, 5.41) is 9.24. The van der Waals surface area contributed by atoms with E-state index in [-0.39, 0.29) is 12.2 Å². The minimum atomic E-state index is -0.648. The highest BCUT2D eigenvalue weighted by Gasteiger charge is 2.41. The Bertz CT molecular complexity index is 1440. The van der Waals surface area contributed by atoms with E-state index in [2.05, 4.69) is 17.6 Å². The Morgan fingerprint density at radius 2 is 1.97 bits per heavy atom. The Hall–Kier alpha value is -2.96. The van der Waals surface area contributed by atoms with Gasteiger partial charge in [0, 0.05) is 36.7 Å². The molecule has 3 aromatic heterocycles. The summed E-state index contributed by atoms with van der Waals surface area (Å²) in [6.45, 7) is 2.64. The van der Waals surface area contributed by atoms with Crippen LogP contribution >= 0.6 is 12.6 Å². The van der Waals surface area contributed by atoms with Crippen LogP contribution in [0, 0.1) is 0 Å². The van der Waals surface area contributed by atoms with Gasteiger partial charge in [0.25, 0.3) is 5.56 Å². The number of thiol groups is 1. The van der Waals surface area contributed by atoms with Gasteiger partial charge in [-0.25, -0.2) is 14.6 Å². The molecule has 1 aromatic carbocycles.